The van der Waals surface area contributed by atoms with E-state index in [1.54, 1.807) is 66.1 Å². The van der Waals surface area contributed by atoms with Gasteiger partial charge in [-0.25, -0.2) is 14.6 Å². The molecule has 1 aliphatic heterocycles. The van der Waals surface area contributed by atoms with Gasteiger partial charge in [0.15, 0.2) is 17.2 Å². The Morgan fingerprint density at radius 3 is 2.45 bits per heavy atom. The number of methoxy groups -OCH3 is 1. The maximum absolute atomic E-state index is 12.5. The van der Waals surface area contributed by atoms with Crippen molar-refractivity contribution in [3.05, 3.63) is 81.7 Å². The Bertz CT molecular complexity index is 1380. The van der Waals surface area contributed by atoms with Gasteiger partial charge in [0.25, 0.3) is 0 Å². The first-order valence-electron chi connectivity index (χ1n) is 13.3. The second-order valence-corrected chi connectivity index (χ2v) is 9.52. The zero-order chi connectivity index (χ0) is 29.1. The minimum atomic E-state index is -0.588. The average molecular weight is 563 g/mol. The van der Waals surface area contributed by atoms with Crippen molar-refractivity contribution in [3.8, 4) is 11.5 Å². The number of carbonyl (C=O) groups excluding carboxylic acids is 3. The number of cyclic esters (lactones) is 1. The Morgan fingerprint density at radius 2 is 1.82 bits per heavy atom. The monoisotopic (exact) mass is 562 g/mol. The molecule has 1 aliphatic rings. The van der Waals surface area contributed by atoms with E-state index in [0.29, 0.717) is 27.4 Å². The van der Waals surface area contributed by atoms with Crippen LogP contribution in [0.5, 0.6) is 11.5 Å². The summed E-state index contributed by atoms with van der Waals surface area (Å²) in [5.74, 6) is -0.317. The molecule has 0 aliphatic carbocycles. The van der Waals surface area contributed by atoms with Crippen LogP contribution in [0, 0.1) is 5.92 Å². The lowest BCUT2D eigenvalue weighted by atomic mass is 10.00. The number of nitrogens with zero attached hydrogens (tertiary/aromatic N) is 1. The van der Waals surface area contributed by atoms with Crippen LogP contribution in [0.1, 0.15) is 67.8 Å². The summed E-state index contributed by atoms with van der Waals surface area (Å²) in [7, 11) is 1.47. The van der Waals surface area contributed by atoms with Gasteiger partial charge in [0, 0.05) is 17.2 Å². The van der Waals surface area contributed by atoms with Gasteiger partial charge in [-0.05, 0) is 72.3 Å². The molecule has 1 amide bonds. The Kier molecular flexibility index (Phi) is 11.2. The van der Waals surface area contributed by atoms with Crippen LogP contribution in [0.15, 0.2) is 70.7 Å². The molecule has 0 bridgehead atoms. The molecule has 1 unspecified atom stereocenters. The first kappa shape index (κ1) is 30.3. The lowest BCUT2D eigenvalue weighted by Gasteiger charge is -2.14. The van der Waals surface area contributed by atoms with E-state index in [0.717, 1.165) is 19.3 Å². The van der Waals surface area contributed by atoms with Crippen LogP contribution in [0.3, 0.4) is 0 Å². The molecule has 0 radical (unpaired) electrons. The highest BCUT2D eigenvalue weighted by molar-refractivity contribution is 7.12. The van der Waals surface area contributed by atoms with Crippen molar-refractivity contribution in [2.24, 2.45) is 10.9 Å². The fraction of sp³-hybridized carbons (Fsp3) is 0.290. The molecule has 2 aromatic carbocycles. The summed E-state index contributed by atoms with van der Waals surface area (Å²) in [4.78, 5) is 42.1. The highest BCUT2D eigenvalue weighted by atomic mass is 32.1. The number of hydrogen-bond donors (Lipinski definition) is 1. The van der Waals surface area contributed by atoms with Crippen molar-refractivity contribution in [3.63, 3.8) is 0 Å². The SMILES string of the molecule is CC.CCCC(CC)C(=O)Nc1ccc(C2=N/C(=C/c3ccc(OC(=O)c4cccs4)c(OC)c3)C(=O)O2)cc1. The normalized spacial score (nSPS) is 14.0. The smallest absolute Gasteiger partial charge is 0.363 e. The highest BCUT2D eigenvalue weighted by Crippen LogP contribution is 2.31. The molecule has 0 fully saturated rings. The van der Waals surface area contributed by atoms with E-state index in [-0.39, 0.29) is 29.2 Å². The number of carbonyl (C=O) groups is 3. The van der Waals surface area contributed by atoms with Crippen molar-refractivity contribution in [2.45, 2.75) is 47.0 Å². The molecule has 9 heteroatoms. The number of aliphatic imine (C=N–C) groups is 1. The van der Waals surface area contributed by atoms with Crippen LogP contribution in [0.25, 0.3) is 6.08 Å². The van der Waals surface area contributed by atoms with Crippen LogP contribution < -0.4 is 14.8 Å². The largest absolute Gasteiger partial charge is 0.493 e. The standard InChI is InChI=1S/C29H28N2O6S.C2H6/c1-4-7-19(5-2)26(32)30-21-12-10-20(11-13-21)27-31-22(28(33)37-27)16-18-9-14-23(24(17-18)35-3)36-29(34)25-8-6-15-38-25;1-2/h6,8-17,19H,4-5,7H2,1-3H3,(H,30,32);1-2H3/b22-16+;. The lowest BCUT2D eigenvalue weighted by Crippen LogP contribution is -2.22. The molecule has 4 rings (SSSR count). The minimum Gasteiger partial charge on any atom is -0.493 e. The summed E-state index contributed by atoms with van der Waals surface area (Å²) in [6, 6.07) is 15.4. The molecule has 0 spiro atoms. The quantitative estimate of drug-likeness (QED) is 0.160. The summed E-state index contributed by atoms with van der Waals surface area (Å²) in [5, 5.41) is 4.73. The van der Waals surface area contributed by atoms with E-state index >= 15 is 0 Å². The fourth-order valence-corrected chi connectivity index (χ4v) is 4.50. The maximum Gasteiger partial charge on any atom is 0.363 e. The van der Waals surface area contributed by atoms with Crippen molar-refractivity contribution < 1.29 is 28.6 Å². The summed E-state index contributed by atoms with van der Waals surface area (Å²) >= 11 is 1.28. The molecule has 1 atom stereocenters. The van der Waals surface area contributed by atoms with Gasteiger partial charge >= 0.3 is 11.9 Å². The number of anilines is 1. The summed E-state index contributed by atoms with van der Waals surface area (Å²) in [6.07, 6.45) is 4.15. The van der Waals surface area contributed by atoms with Crippen LogP contribution in [-0.4, -0.2) is 30.9 Å². The molecule has 40 heavy (non-hydrogen) atoms. The molecule has 8 nitrogen and oxygen atoms in total. The molecule has 0 saturated heterocycles. The van der Waals surface area contributed by atoms with Crippen LogP contribution >= 0.6 is 11.3 Å². The summed E-state index contributed by atoms with van der Waals surface area (Å²) in [6.45, 7) is 8.07. The van der Waals surface area contributed by atoms with Gasteiger partial charge in [-0.3, -0.25) is 4.79 Å². The van der Waals surface area contributed by atoms with Crippen molar-refractivity contribution in [1.82, 2.24) is 0 Å². The van der Waals surface area contributed by atoms with Crippen LogP contribution in [0.4, 0.5) is 5.69 Å². The van der Waals surface area contributed by atoms with Crippen molar-refractivity contribution in [2.75, 3.05) is 12.4 Å². The van der Waals surface area contributed by atoms with Gasteiger partial charge in [0.05, 0.1) is 7.11 Å². The number of benzene rings is 2. The Hall–Kier alpha value is -4.24. The van der Waals surface area contributed by atoms with Crippen molar-refractivity contribution in [1.29, 1.82) is 0 Å². The summed E-state index contributed by atoms with van der Waals surface area (Å²) < 4.78 is 16.2. The number of nitrogens with one attached hydrogen (secondary N) is 1. The molecule has 1 N–H and O–H groups in total. The number of ether oxygens (including phenoxy) is 3. The van der Waals surface area contributed by atoms with Gasteiger partial charge < -0.3 is 19.5 Å². The number of thiophene rings is 1. The van der Waals surface area contributed by atoms with E-state index in [2.05, 4.69) is 17.2 Å². The van der Waals surface area contributed by atoms with E-state index in [4.69, 9.17) is 14.2 Å². The first-order chi connectivity index (χ1) is 19.4. The van der Waals surface area contributed by atoms with Crippen molar-refractivity contribution >= 4 is 46.8 Å². The second-order valence-electron chi connectivity index (χ2n) is 8.57. The lowest BCUT2D eigenvalue weighted by molar-refractivity contribution is -0.130. The minimum absolute atomic E-state index is 0.000289. The second kappa shape index (κ2) is 14.8. The van der Waals surface area contributed by atoms with E-state index in [1.807, 2.05) is 20.8 Å². The Labute approximate surface area is 238 Å². The van der Waals surface area contributed by atoms with Gasteiger partial charge in [-0.15, -0.1) is 11.3 Å². The van der Waals surface area contributed by atoms with Gasteiger partial charge in [0.2, 0.25) is 11.8 Å². The average Bonchev–Trinajstić information content (AvgIpc) is 3.64. The third-order valence-corrected chi connectivity index (χ3v) is 6.79. The third kappa shape index (κ3) is 7.66. The summed E-state index contributed by atoms with van der Waals surface area (Å²) in [5.41, 5.74) is 2.01. The Balaban J connectivity index is 0.00000216. The third-order valence-electron chi connectivity index (χ3n) is 5.94. The first-order valence-corrected chi connectivity index (χ1v) is 14.2. The van der Waals surface area contributed by atoms with E-state index < -0.39 is 11.9 Å². The van der Waals surface area contributed by atoms with Crippen LogP contribution in [-0.2, 0) is 14.3 Å². The molecule has 1 aromatic heterocycles. The Morgan fingerprint density at radius 1 is 1.07 bits per heavy atom. The number of rotatable bonds is 10. The predicted molar refractivity (Wildman–Crippen MR) is 158 cm³/mol. The number of amides is 1. The van der Waals surface area contributed by atoms with Gasteiger partial charge in [-0.2, -0.15) is 0 Å². The van der Waals surface area contributed by atoms with Crippen LogP contribution in [0.2, 0.25) is 0 Å². The molecular weight excluding hydrogens is 528 g/mol. The number of esters is 2. The molecular formula is C31H34N2O6S. The predicted octanol–water partition coefficient (Wildman–Crippen LogP) is 7.11. The van der Waals surface area contributed by atoms with E-state index in [1.165, 1.54) is 18.4 Å². The zero-order valence-corrected chi connectivity index (χ0v) is 24.2. The topological polar surface area (TPSA) is 103 Å². The molecule has 210 valence electrons. The van der Waals surface area contributed by atoms with Gasteiger partial charge in [0.1, 0.15) is 4.88 Å². The fourth-order valence-electron chi connectivity index (χ4n) is 3.90. The zero-order valence-electron chi connectivity index (χ0n) is 23.4. The molecule has 3 aromatic rings. The van der Waals surface area contributed by atoms with Gasteiger partial charge in [-0.1, -0.05) is 46.2 Å². The molecule has 2 heterocycles. The highest BCUT2D eigenvalue weighted by Gasteiger charge is 2.25. The number of hydrogen-bond acceptors (Lipinski definition) is 8. The maximum atomic E-state index is 12.5. The van der Waals surface area contributed by atoms with E-state index in [9.17, 15) is 14.4 Å². The molecule has 0 saturated carbocycles.